The number of carbonyl (C=O) groups is 1. The third-order valence-electron chi connectivity index (χ3n) is 1.89. The van der Waals surface area contributed by atoms with Gasteiger partial charge in [0, 0.05) is 0 Å². The van der Waals surface area contributed by atoms with Crippen LogP contribution in [0.2, 0.25) is 0 Å². The lowest BCUT2D eigenvalue weighted by molar-refractivity contribution is -0.136. The minimum Gasteiger partial charge on any atom is -0.481 e. The maximum absolute atomic E-state index is 13.3. The standard InChI is InChI=1S/C10H7FN2O3/c11-7-4-2-1-3-6(7)10-12-8(16-13-10)5-9(14)15/h1-4H,5H2,(H,14,15). The van der Waals surface area contributed by atoms with Gasteiger partial charge in [-0.05, 0) is 12.1 Å². The Labute approximate surface area is 89.5 Å². The molecule has 6 heteroatoms. The van der Waals surface area contributed by atoms with Gasteiger partial charge < -0.3 is 9.63 Å². The number of hydrogen-bond donors (Lipinski definition) is 1. The Morgan fingerprint density at radius 3 is 2.88 bits per heavy atom. The minimum atomic E-state index is -1.08. The van der Waals surface area contributed by atoms with Gasteiger partial charge >= 0.3 is 5.97 Å². The van der Waals surface area contributed by atoms with E-state index in [-0.39, 0.29) is 23.7 Å². The average molecular weight is 222 g/mol. The Kier molecular flexibility index (Phi) is 2.63. The molecule has 16 heavy (non-hydrogen) atoms. The number of aromatic nitrogens is 2. The van der Waals surface area contributed by atoms with Crippen LogP contribution in [0.5, 0.6) is 0 Å². The smallest absolute Gasteiger partial charge is 0.312 e. The molecule has 1 aromatic carbocycles. The molecular formula is C10H7FN2O3. The summed E-state index contributed by atoms with van der Waals surface area (Å²) in [6, 6.07) is 5.93. The van der Waals surface area contributed by atoms with Crippen LogP contribution in [0.3, 0.4) is 0 Å². The molecule has 82 valence electrons. The fourth-order valence-corrected chi connectivity index (χ4v) is 1.21. The first kappa shape index (κ1) is 10.3. The van der Waals surface area contributed by atoms with Crippen molar-refractivity contribution in [2.75, 3.05) is 0 Å². The Morgan fingerprint density at radius 1 is 1.44 bits per heavy atom. The topological polar surface area (TPSA) is 76.2 Å². The SMILES string of the molecule is O=C(O)Cc1nc(-c2ccccc2F)no1. The predicted octanol–water partition coefficient (Wildman–Crippen LogP) is 1.50. The van der Waals surface area contributed by atoms with Crippen LogP contribution in [-0.4, -0.2) is 21.2 Å². The van der Waals surface area contributed by atoms with Gasteiger partial charge in [0.2, 0.25) is 11.7 Å². The van der Waals surface area contributed by atoms with Crippen molar-refractivity contribution < 1.29 is 18.8 Å². The van der Waals surface area contributed by atoms with Gasteiger partial charge in [0.1, 0.15) is 12.2 Å². The zero-order chi connectivity index (χ0) is 11.5. The van der Waals surface area contributed by atoms with Crippen LogP contribution < -0.4 is 0 Å². The van der Waals surface area contributed by atoms with Crippen molar-refractivity contribution in [3.63, 3.8) is 0 Å². The summed E-state index contributed by atoms with van der Waals surface area (Å²) in [6.45, 7) is 0. The van der Waals surface area contributed by atoms with E-state index in [4.69, 9.17) is 5.11 Å². The molecule has 0 fully saturated rings. The first-order chi connectivity index (χ1) is 7.66. The molecule has 1 heterocycles. The minimum absolute atomic E-state index is 0.0502. The lowest BCUT2D eigenvalue weighted by Crippen LogP contribution is -1.99. The van der Waals surface area contributed by atoms with Gasteiger partial charge in [0.15, 0.2) is 0 Å². The van der Waals surface area contributed by atoms with E-state index in [2.05, 4.69) is 14.7 Å². The van der Waals surface area contributed by atoms with Crippen LogP contribution in [0.25, 0.3) is 11.4 Å². The van der Waals surface area contributed by atoms with Crippen LogP contribution in [0.4, 0.5) is 4.39 Å². The summed E-state index contributed by atoms with van der Waals surface area (Å²) in [6.07, 6.45) is -0.374. The monoisotopic (exact) mass is 222 g/mol. The second-order valence-corrected chi connectivity index (χ2v) is 3.06. The molecule has 1 N–H and O–H groups in total. The molecule has 2 rings (SSSR count). The molecule has 0 aliphatic heterocycles. The van der Waals surface area contributed by atoms with Crippen molar-refractivity contribution in [3.05, 3.63) is 36.0 Å². The number of halogens is 1. The maximum Gasteiger partial charge on any atom is 0.312 e. The van der Waals surface area contributed by atoms with E-state index in [1.54, 1.807) is 6.07 Å². The van der Waals surface area contributed by atoms with Gasteiger partial charge in [-0.25, -0.2) is 4.39 Å². The van der Waals surface area contributed by atoms with Crippen molar-refractivity contribution in [2.45, 2.75) is 6.42 Å². The number of hydrogen-bond acceptors (Lipinski definition) is 4. The van der Waals surface area contributed by atoms with Gasteiger partial charge in [-0.3, -0.25) is 4.79 Å². The molecule has 2 aromatic rings. The molecule has 0 spiro atoms. The van der Waals surface area contributed by atoms with Gasteiger partial charge in [-0.15, -0.1) is 0 Å². The Bertz CT molecular complexity index is 524. The van der Waals surface area contributed by atoms with Gasteiger partial charge in [-0.2, -0.15) is 4.98 Å². The number of aliphatic carboxylic acids is 1. The number of carboxylic acid groups (broad SMARTS) is 1. The van der Waals surface area contributed by atoms with Crippen LogP contribution in [0.1, 0.15) is 5.89 Å². The lowest BCUT2D eigenvalue weighted by atomic mass is 10.2. The first-order valence-electron chi connectivity index (χ1n) is 4.46. The number of carboxylic acids is 1. The second-order valence-electron chi connectivity index (χ2n) is 3.06. The van der Waals surface area contributed by atoms with Crippen molar-refractivity contribution in [3.8, 4) is 11.4 Å². The van der Waals surface area contributed by atoms with Gasteiger partial charge in [-0.1, -0.05) is 17.3 Å². The fraction of sp³-hybridized carbons (Fsp3) is 0.100. The van der Waals surface area contributed by atoms with E-state index >= 15 is 0 Å². The van der Waals surface area contributed by atoms with Crippen LogP contribution >= 0.6 is 0 Å². The third-order valence-corrected chi connectivity index (χ3v) is 1.89. The molecule has 1 aromatic heterocycles. The number of nitrogens with zero attached hydrogens (tertiary/aromatic N) is 2. The van der Waals surface area contributed by atoms with Crippen LogP contribution in [-0.2, 0) is 11.2 Å². The molecule has 0 aliphatic rings. The Hall–Kier alpha value is -2.24. The quantitative estimate of drug-likeness (QED) is 0.851. The summed E-state index contributed by atoms with van der Waals surface area (Å²) in [5.74, 6) is -1.56. The van der Waals surface area contributed by atoms with Crippen LogP contribution in [0.15, 0.2) is 28.8 Å². The third kappa shape index (κ3) is 2.05. The molecule has 0 bridgehead atoms. The Morgan fingerprint density at radius 2 is 2.19 bits per heavy atom. The molecule has 0 saturated carbocycles. The summed E-state index contributed by atoms with van der Waals surface area (Å²) in [5.41, 5.74) is 0.183. The summed E-state index contributed by atoms with van der Waals surface area (Å²) < 4.78 is 18.0. The van der Waals surface area contributed by atoms with Crippen molar-refractivity contribution >= 4 is 5.97 Å². The zero-order valence-electron chi connectivity index (χ0n) is 8.05. The largest absolute Gasteiger partial charge is 0.481 e. The highest BCUT2D eigenvalue weighted by Crippen LogP contribution is 2.19. The number of rotatable bonds is 3. The average Bonchev–Trinajstić information content (AvgIpc) is 2.66. The molecule has 0 amide bonds. The van der Waals surface area contributed by atoms with E-state index in [1.807, 2.05) is 0 Å². The predicted molar refractivity (Wildman–Crippen MR) is 51.0 cm³/mol. The maximum atomic E-state index is 13.3. The highest BCUT2D eigenvalue weighted by molar-refractivity contribution is 5.69. The molecule has 0 atom stereocenters. The lowest BCUT2D eigenvalue weighted by Gasteiger charge is -1.94. The molecular weight excluding hydrogens is 215 g/mol. The van der Waals surface area contributed by atoms with Gasteiger partial charge in [0.05, 0.1) is 5.56 Å². The number of benzene rings is 1. The van der Waals surface area contributed by atoms with Crippen molar-refractivity contribution in [1.29, 1.82) is 0 Å². The molecule has 5 nitrogen and oxygen atoms in total. The molecule has 0 aliphatic carbocycles. The van der Waals surface area contributed by atoms with E-state index in [0.29, 0.717) is 0 Å². The second kappa shape index (κ2) is 4.09. The van der Waals surface area contributed by atoms with E-state index in [1.165, 1.54) is 18.2 Å². The van der Waals surface area contributed by atoms with Crippen LogP contribution in [0, 0.1) is 5.82 Å². The highest BCUT2D eigenvalue weighted by Gasteiger charge is 2.13. The normalized spacial score (nSPS) is 10.3. The fourth-order valence-electron chi connectivity index (χ4n) is 1.21. The summed E-state index contributed by atoms with van der Waals surface area (Å²) in [7, 11) is 0. The van der Waals surface area contributed by atoms with E-state index < -0.39 is 11.8 Å². The Balaban J connectivity index is 2.32. The summed E-state index contributed by atoms with van der Waals surface area (Å²) in [4.78, 5) is 14.2. The van der Waals surface area contributed by atoms with Crippen molar-refractivity contribution in [1.82, 2.24) is 10.1 Å². The molecule has 0 unspecified atom stereocenters. The van der Waals surface area contributed by atoms with Gasteiger partial charge in [0.25, 0.3) is 0 Å². The first-order valence-corrected chi connectivity index (χ1v) is 4.46. The molecule has 0 radical (unpaired) electrons. The summed E-state index contributed by atoms with van der Waals surface area (Å²) >= 11 is 0. The highest BCUT2D eigenvalue weighted by atomic mass is 19.1. The molecule has 0 saturated heterocycles. The van der Waals surface area contributed by atoms with E-state index in [9.17, 15) is 9.18 Å². The van der Waals surface area contributed by atoms with E-state index in [0.717, 1.165) is 0 Å². The van der Waals surface area contributed by atoms with Crippen molar-refractivity contribution in [2.24, 2.45) is 0 Å². The zero-order valence-corrected chi connectivity index (χ0v) is 8.05. The summed E-state index contributed by atoms with van der Waals surface area (Å²) in [5, 5.41) is 12.0.